The van der Waals surface area contributed by atoms with Crippen molar-refractivity contribution in [2.45, 2.75) is 6.92 Å². The van der Waals surface area contributed by atoms with E-state index in [1.54, 1.807) is 12.1 Å². The van der Waals surface area contributed by atoms with Gasteiger partial charge in [-0.15, -0.1) is 11.3 Å². The zero-order valence-electron chi connectivity index (χ0n) is 14.3. The Labute approximate surface area is 153 Å². The highest BCUT2D eigenvalue weighted by Crippen LogP contribution is 2.26. The van der Waals surface area contributed by atoms with E-state index >= 15 is 0 Å². The van der Waals surface area contributed by atoms with Gasteiger partial charge in [-0.1, -0.05) is 0 Å². The van der Waals surface area contributed by atoms with Crippen LogP contribution in [0.5, 0.6) is 0 Å². The molecular weight excluding hydrogens is 360 g/mol. The van der Waals surface area contributed by atoms with Crippen LogP contribution in [0.2, 0.25) is 0 Å². The van der Waals surface area contributed by atoms with Crippen molar-refractivity contribution >= 4 is 34.5 Å². The SMILES string of the molecule is COCCNc1ccc(C(=O)OCC(=O)c2ccc(C)s2)cc1[N+](=O)[O-]. The third-order valence-electron chi connectivity index (χ3n) is 3.40. The van der Waals surface area contributed by atoms with Crippen LogP contribution in [-0.4, -0.2) is 43.5 Å². The molecule has 0 radical (unpaired) electrons. The predicted molar refractivity (Wildman–Crippen MR) is 97.1 cm³/mol. The Morgan fingerprint density at radius 3 is 2.65 bits per heavy atom. The van der Waals surface area contributed by atoms with Gasteiger partial charge in [-0.2, -0.15) is 0 Å². The number of hydrogen-bond donors (Lipinski definition) is 1. The van der Waals surface area contributed by atoms with Crippen LogP contribution in [0, 0.1) is 17.0 Å². The number of Topliss-reactive ketones (excluding diaryl/α,β-unsaturated/α-hetero) is 1. The summed E-state index contributed by atoms with van der Waals surface area (Å²) in [6.45, 7) is 2.22. The van der Waals surface area contributed by atoms with Crippen LogP contribution in [-0.2, 0) is 9.47 Å². The lowest BCUT2D eigenvalue weighted by Crippen LogP contribution is -2.14. The highest BCUT2D eigenvalue weighted by atomic mass is 32.1. The van der Waals surface area contributed by atoms with Gasteiger partial charge in [0, 0.05) is 24.6 Å². The maximum atomic E-state index is 12.1. The first-order valence-corrected chi connectivity index (χ1v) is 8.52. The Morgan fingerprint density at radius 2 is 2.04 bits per heavy atom. The minimum atomic E-state index is -0.793. The van der Waals surface area contributed by atoms with E-state index in [1.807, 2.05) is 6.92 Å². The number of carbonyl (C=O) groups excluding carboxylic acids is 2. The van der Waals surface area contributed by atoms with Crippen LogP contribution in [0.15, 0.2) is 30.3 Å². The summed E-state index contributed by atoms with van der Waals surface area (Å²) in [5.74, 6) is -1.11. The number of nitro groups is 1. The highest BCUT2D eigenvalue weighted by Gasteiger charge is 2.19. The molecule has 0 bridgehead atoms. The molecule has 0 aliphatic carbocycles. The Bertz CT molecular complexity index is 817. The van der Waals surface area contributed by atoms with Gasteiger partial charge in [0.15, 0.2) is 6.61 Å². The lowest BCUT2D eigenvalue weighted by Gasteiger charge is -2.08. The summed E-state index contributed by atoms with van der Waals surface area (Å²) < 4.78 is 9.86. The zero-order chi connectivity index (χ0) is 19.1. The van der Waals surface area contributed by atoms with E-state index in [2.05, 4.69) is 5.32 Å². The second kappa shape index (κ2) is 9.07. The maximum absolute atomic E-state index is 12.1. The number of thiophene rings is 1. The molecule has 1 aromatic heterocycles. The third-order valence-corrected chi connectivity index (χ3v) is 4.44. The van der Waals surface area contributed by atoms with Gasteiger partial charge in [0.05, 0.1) is 22.0 Å². The molecule has 2 rings (SSSR count). The van der Waals surface area contributed by atoms with E-state index in [1.165, 1.54) is 30.6 Å². The van der Waals surface area contributed by atoms with Gasteiger partial charge in [0.1, 0.15) is 5.69 Å². The fraction of sp³-hybridized carbons (Fsp3) is 0.294. The van der Waals surface area contributed by atoms with E-state index in [-0.39, 0.29) is 22.7 Å². The number of aryl methyl sites for hydroxylation is 1. The molecular formula is C17H18N2O6S. The Balaban J connectivity index is 2.04. The summed E-state index contributed by atoms with van der Waals surface area (Å²) in [5, 5.41) is 14.1. The molecule has 0 spiro atoms. The van der Waals surface area contributed by atoms with E-state index in [0.29, 0.717) is 18.0 Å². The molecule has 8 nitrogen and oxygen atoms in total. The average Bonchev–Trinajstić information content (AvgIpc) is 3.06. The van der Waals surface area contributed by atoms with Crippen molar-refractivity contribution < 1.29 is 24.0 Å². The van der Waals surface area contributed by atoms with Gasteiger partial charge in [0.2, 0.25) is 5.78 Å². The Kier molecular flexibility index (Phi) is 6.81. The van der Waals surface area contributed by atoms with Crippen molar-refractivity contribution in [3.63, 3.8) is 0 Å². The van der Waals surface area contributed by atoms with Gasteiger partial charge >= 0.3 is 5.97 Å². The summed E-state index contributed by atoms with van der Waals surface area (Å²) in [7, 11) is 1.52. The Morgan fingerprint density at radius 1 is 1.27 bits per heavy atom. The van der Waals surface area contributed by atoms with Crippen molar-refractivity contribution in [1.82, 2.24) is 0 Å². The van der Waals surface area contributed by atoms with Crippen molar-refractivity contribution in [2.24, 2.45) is 0 Å². The summed E-state index contributed by atoms with van der Waals surface area (Å²) in [6, 6.07) is 7.43. The molecule has 1 heterocycles. The lowest BCUT2D eigenvalue weighted by molar-refractivity contribution is -0.384. The van der Waals surface area contributed by atoms with E-state index < -0.39 is 17.5 Å². The third kappa shape index (κ3) is 5.11. The molecule has 2 aromatic rings. The number of nitrogens with zero attached hydrogens (tertiary/aromatic N) is 1. The maximum Gasteiger partial charge on any atom is 0.338 e. The van der Waals surface area contributed by atoms with E-state index in [0.717, 1.165) is 10.9 Å². The van der Waals surface area contributed by atoms with Gasteiger partial charge in [-0.25, -0.2) is 4.79 Å². The quantitative estimate of drug-likeness (QED) is 0.235. The normalized spacial score (nSPS) is 10.4. The number of esters is 1. The monoisotopic (exact) mass is 378 g/mol. The smallest absolute Gasteiger partial charge is 0.338 e. The number of hydrogen-bond acceptors (Lipinski definition) is 8. The molecule has 0 unspecified atom stereocenters. The molecule has 0 saturated heterocycles. The molecule has 1 aromatic carbocycles. The van der Waals surface area contributed by atoms with Gasteiger partial charge in [0.25, 0.3) is 5.69 Å². The Hall–Kier alpha value is -2.78. The van der Waals surface area contributed by atoms with Gasteiger partial charge in [-0.05, 0) is 31.2 Å². The fourth-order valence-electron chi connectivity index (χ4n) is 2.12. The molecule has 0 aliphatic heterocycles. The molecule has 138 valence electrons. The van der Waals surface area contributed by atoms with Crippen molar-refractivity contribution in [3.05, 3.63) is 55.8 Å². The number of ether oxygens (including phenoxy) is 2. The largest absolute Gasteiger partial charge is 0.454 e. The number of rotatable bonds is 9. The minimum absolute atomic E-state index is 0.00384. The van der Waals surface area contributed by atoms with Crippen molar-refractivity contribution in [2.75, 3.05) is 32.2 Å². The van der Waals surface area contributed by atoms with E-state index in [9.17, 15) is 19.7 Å². The first kappa shape index (κ1) is 19.5. The van der Waals surface area contributed by atoms with E-state index in [4.69, 9.17) is 9.47 Å². The summed E-state index contributed by atoms with van der Waals surface area (Å²) in [6.07, 6.45) is 0. The van der Waals surface area contributed by atoms with Gasteiger partial charge in [-0.3, -0.25) is 14.9 Å². The summed E-state index contributed by atoms with van der Waals surface area (Å²) in [5.41, 5.74) is 0.0219. The van der Waals surface area contributed by atoms with Crippen LogP contribution < -0.4 is 5.32 Å². The summed E-state index contributed by atoms with van der Waals surface area (Å²) >= 11 is 1.31. The number of methoxy groups -OCH3 is 1. The minimum Gasteiger partial charge on any atom is -0.454 e. The van der Waals surface area contributed by atoms with Crippen molar-refractivity contribution in [3.8, 4) is 0 Å². The molecule has 0 atom stereocenters. The van der Waals surface area contributed by atoms with Gasteiger partial charge < -0.3 is 14.8 Å². The number of anilines is 1. The predicted octanol–water partition coefficient (Wildman–Crippen LogP) is 3.06. The number of ketones is 1. The first-order chi connectivity index (χ1) is 12.4. The highest BCUT2D eigenvalue weighted by molar-refractivity contribution is 7.14. The summed E-state index contributed by atoms with van der Waals surface area (Å²) in [4.78, 5) is 36.2. The number of carbonyl (C=O) groups is 2. The first-order valence-electron chi connectivity index (χ1n) is 7.70. The molecule has 1 N–H and O–H groups in total. The second-order valence-electron chi connectivity index (χ2n) is 5.32. The van der Waals surface area contributed by atoms with Crippen LogP contribution in [0.4, 0.5) is 11.4 Å². The number of nitro benzene ring substituents is 1. The van der Waals surface area contributed by atoms with Crippen LogP contribution in [0.25, 0.3) is 0 Å². The number of benzene rings is 1. The molecule has 9 heteroatoms. The number of nitrogens with one attached hydrogen (secondary N) is 1. The second-order valence-corrected chi connectivity index (χ2v) is 6.61. The molecule has 26 heavy (non-hydrogen) atoms. The van der Waals surface area contributed by atoms with Crippen LogP contribution >= 0.6 is 11.3 Å². The van der Waals surface area contributed by atoms with Crippen molar-refractivity contribution in [1.29, 1.82) is 0 Å². The molecule has 0 aliphatic rings. The average molecular weight is 378 g/mol. The zero-order valence-corrected chi connectivity index (χ0v) is 15.1. The lowest BCUT2D eigenvalue weighted by atomic mass is 10.1. The molecule has 0 amide bonds. The van der Waals surface area contributed by atoms with Crippen LogP contribution in [0.3, 0.4) is 0 Å². The fourth-order valence-corrected chi connectivity index (χ4v) is 2.91. The standard InChI is InChI=1S/C17H18N2O6S/c1-11-3-6-16(26-11)15(20)10-25-17(21)12-4-5-13(18-7-8-24-2)14(9-12)19(22)23/h3-6,9,18H,7-8,10H2,1-2H3. The topological polar surface area (TPSA) is 108 Å². The van der Waals surface area contributed by atoms with Crippen LogP contribution in [0.1, 0.15) is 24.9 Å². The molecule has 0 fully saturated rings. The molecule has 0 saturated carbocycles.